The summed E-state index contributed by atoms with van der Waals surface area (Å²) in [6.45, 7) is 3.24. The van der Waals surface area contributed by atoms with Gasteiger partial charge in [-0.15, -0.1) is 0 Å². The summed E-state index contributed by atoms with van der Waals surface area (Å²) in [5, 5.41) is 15.9. The van der Waals surface area contributed by atoms with Crippen LogP contribution in [-0.2, 0) is 24.0 Å². The molecule has 0 rings (SSSR count). The van der Waals surface area contributed by atoms with E-state index in [1.807, 2.05) is 6.92 Å². The molecular weight excluding hydrogens is 390 g/mol. The Morgan fingerprint density at radius 2 is 1.68 bits per heavy atom. The zero-order valence-electron chi connectivity index (χ0n) is 15.9. The Balaban J connectivity index is 4.87. The number of hydrogen-bond donors (Lipinski definition) is 7. The molecule has 4 unspecified atom stereocenters. The zero-order chi connectivity index (χ0) is 21.9. The minimum atomic E-state index is -1.30. The highest BCUT2D eigenvalue weighted by atomic mass is 32.1. The Hall–Kier alpha value is -2.34. The van der Waals surface area contributed by atoms with E-state index in [9.17, 15) is 24.0 Å². The fraction of sp³-hybridized carbons (Fsp3) is 0.688. The van der Waals surface area contributed by atoms with Gasteiger partial charge < -0.3 is 32.5 Å². The van der Waals surface area contributed by atoms with E-state index < -0.39 is 54.3 Å². The number of nitrogens with one attached hydrogen (secondary N) is 3. The topological polar surface area (TPSA) is 194 Å². The smallest absolute Gasteiger partial charge is 0.327 e. The van der Waals surface area contributed by atoms with Gasteiger partial charge in [-0.05, 0) is 12.3 Å². The van der Waals surface area contributed by atoms with Gasteiger partial charge in [-0.25, -0.2) is 4.79 Å². The molecule has 0 fully saturated rings. The molecule has 160 valence electrons. The number of carbonyl (C=O) groups is 5. The van der Waals surface area contributed by atoms with Crippen molar-refractivity contribution in [2.75, 3.05) is 12.3 Å². The number of aliphatic carboxylic acids is 1. The minimum Gasteiger partial charge on any atom is -0.480 e. The monoisotopic (exact) mass is 419 g/mol. The minimum absolute atomic E-state index is 0.0775. The van der Waals surface area contributed by atoms with Crippen molar-refractivity contribution in [2.45, 2.75) is 51.2 Å². The number of rotatable bonds is 13. The molecule has 8 N–H and O–H groups in total. The highest BCUT2D eigenvalue weighted by molar-refractivity contribution is 7.80. The molecule has 0 aliphatic rings. The normalized spacial score (nSPS) is 14.9. The van der Waals surface area contributed by atoms with E-state index in [0.717, 1.165) is 0 Å². The highest BCUT2D eigenvalue weighted by Crippen LogP contribution is 2.05. The van der Waals surface area contributed by atoms with Gasteiger partial charge in [0.2, 0.25) is 23.6 Å². The van der Waals surface area contributed by atoms with E-state index in [4.69, 9.17) is 16.6 Å². The van der Waals surface area contributed by atoms with Gasteiger partial charge in [0, 0.05) is 12.2 Å². The molecule has 28 heavy (non-hydrogen) atoms. The van der Waals surface area contributed by atoms with Crippen molar-refractivity contribution in [1.29, 1.82) is 0 Å². The summed E-state index contributed by atoms with van der Waals surface area (Å²) in [4.78, 5) is 58.2. The Morgan fingerprint density at radius 1 is 1.07 bits per heavy atom. The van der Waals surface area contributed by atoms with E-state index in [0.29, 0.717) is 6.42 Å². The second-order valence-electron chi connectivity index (χ2n) is 6.34. The molecule has 0 heterocycles. The third kappa shape index (κ3) is 9.55. The predicted molar refractivity (Wildman–Crippen MR) is 104 cm³/mol. The molecule has 0 spiro atoms. The van der Waals surface area contributed by atoms with Crippen LogP contribution in [0.15, 0.2) is 0 Å². The predicted octanol–water partition coefficient (Wildman–Crippen LogP) is -2.27. The Morgan fingerprint density at radius 3 is 2.14 bits per heavy atom. The molecule has 0 saturated carbocycles. The first-order valence-corrected chi connectivity index (χ1v) is 9.41. The number of carboxylic acid groups (broad SMARTS) is 1. The van der Waals surface area contributed by atoms with Crippen LogP contribution in [0.2, 0.25) is 0 Å². The van der Waals surface area contributed by atoms with Crippen LogP contribution >= 0.6 is 12.6 Å². The summed E-state index contributed by atoms with van der Waals surface area (Å²) in [7, 11) is 0. The van der Waals surface area contributed by atoms with Gasteiger partial charge in [0.1, 0.15) is 12.1 Å². The molecule has 11 nitrogen and oxygen atoms in total. The van der Waals surface area contributed by atoms with Gasteiger partial charge in [-0.1, -0.05) is 20.3 Å². The Kier molecular flexibility index (Phi) is 11.9. The van der Waals surface area contributed by atoms with Crippen molar-refractivity contribution < 1.29 is 29.1 Å². The summed E-state index contributed by atoms with van der Waals surface area (Å²) in [6, 6.07) is -3.25. The van der Waals surface area contributed by atoms with Crippen LogP contribution in [0.5, 0.6) is 0 Å². The lowest BCUT2D eigenvalue weighted by Gasteiger charge is -2.21. The summed E-state index contributed by atoms with van der Waals surface area (Å²) in [5.74, 6) is -4.25. The van der Waals surface area contributed by atoms with Crippen LogP contribution in [-0.4, -0.2) is 65.1 Å². The van der Waals surface area contributed by atoms with Gasteiger partial charge in [-0.3, -0.25) is 19.2 Å². The van der Waals surface area contributed by atoms with E-state index in [1.165, 1.54) is 0 Å². The summed E-state index contributed by atoms with van der Waals surface area (Å²) < 4.78 is 0. The number of carbonyl (C=O) groups excluding carboxylic acids is 4. The maximum atomic E-state index is 12.3. The molecule has 4 atom stereocenters. The van der Waals surface area contributed by atoms with Crippen LogP contribution in [0.25, 0.3) is 0 Å². The maximum Gasteiger partial charge on any atom is 0.327 e. The first-order chi connectivity index (χ1) is 13.0. The van der Waals surface area contributed by atoms with E-state index in [2.05, 4.69) is 28.6 Å². The standard InChI is InChI=1S/C16H29N5O6S/c1-3-8(2)13(18)15(25)19-6-12(23)20-9(4-5-11(17)22)14(24)21-10(7-28)16(26)27/h8-10,13,28H,3-7,18H2,1-2H3,(H2,17,22)(H,19,25)(H,20,23)(H,21,24)(H,26,27). The van der Waals surface area contributed by atoms with Crippen molar-refractivity contribution in [3.05, 3.63) is 0 Å². The van der Waals surface area contributed by atoms with Gasteiger partial charge >= 0.3 is 5.97 Å². The lowest BCUT2D eigenvalue weighted by Crippen LogP contribution is -2.54. The Bertz CT molecular complexity index is 588. The Labute approximate surface area is 168 Å². The lowest BCUT2D eigenvalue weighted by atomic mass is 9.99. The molecule has 0 aliphatic heterocycles. The molecule has 0 aromatic carbocycles. The van der Waals surface area contributed by atoms with Crippen molar-refractivity contribution >= 4 is 42.2 Å². The lowest BCUT2D eigenvalue weighted by molar-refractivity contribution is -0.141. The number of thiol groups is 1. The average molecular weight is 420 g/mol. The zero-order valence-corrected chi connectivity index (χ0v) is 16.8. The van der Waals surface area contributed by atoms with Crippen LogP contribution < -0.4 is 27.4 Å². The molecule has 0 saturated heterocycles. The fourth-order valence-electron chi connectivity index (χ4n) is 2.06. The van der Waals surface area contributed by atoms with E-state index in [-0.39, 0.29) is 24.5 Å². The van der Waals surface area contributed by atoms with Gasteiger partial charge in [-0.2, -0.15) is 12.6 Å². The SMILES string of the molecule is CCC(C)C(N)C(=O)NCC(=O)NC(CCC(N)=O)C(=O)NC(CS)C(=O)O. The third-order valence-corrected chi connectivity index (χ3v) is 4.48. The molecule has 0 radical (unpaired) electrons. The van der Waals surface area contributed by atoms with Crippen LogP contribution in [0.3, 0.4) is 0 Å². The molecule has 0 aromatic rings. The first kappa shape index (κ1) is 25.7. The molecule has 0 bridgehead atoms. The average Bonchev–Trinajstić information content (AvgIpc) is 2.65. The van der Waals surface area contributed by atoms with Crippen LogP contribution in [0.4, 0.5) is 0 Å². The number of amides is 4. The largest absolute Gasteiger partial charge is 0.480 e. The fourth-order valence-corrected chi connectivity index (χ4v) is 2.30. The highest BCUT2D eigenvalue weighted by Gasteiger charge is 2.26. The third-order valence-electron chi connectivity index (χ3n) is 4.11. The number of carboxylic acids is 1. The van der Waals surface area contributed by atoms with Crippen LogP contribution in [0.1, 0.15) is 33.1 Å². The molecule has 0 aliphatic carbocycles. The number of nitrogens with two attached hydrogens (primary N) is 2. The maximum absolute atomic E-state index is 12.3. The van der Waals surface area contributed by atoms with Gasteiger partial charge in [0.05, 0.1) is 12.6 Å². The van der Waals surface area contributed by atoms with E-state index in [1.54, 1.807) is 6.92 Å². The summed E-state index contributed by atoms with van der Waals surface area (Å²) in [5.41, 5.74) is 10.8. The molecule has 12 heteroatoms. The summed E-state index contributed by atoms with van der Waals surface area (Å²) >= 11 is 3.84. The van der Waals surface area contributed by atoms with Crippen molar-refractivity contribution in [3.8, 4) is 0 Å². The van der Waals surface area contributed by atoms with Crippen LogP contribution in [0, 0.1) is 5.92 Å². The van der Waals surface area contributed by atoms with Gasteiger partial charge in [0.25, 0.3) is 0 Å². The van der Waals surface area contributed by atoms with Gasteiger partial charge in [0.15, 0.2) is 0 Å². The van der Waals surface area contributed by atoms with E-state index >= 15 is 0 Å². The molecular formula is C16H29N5O6S. The molecule has 0 aromatic heterocycles. The quantitative estimate of drug-likeness (QED) is 0.163. The first-order valence-electron chi connectivity index (χ1n) is 8.78. The second-order valence-corrected chi connectivity index (χ2v) is 6.70. The second kappa shape index (κ2) is 12.9. The number of primary amides is 1. The molecule has 4 amide bonds. The van der Waals surface area contributed by atoms with Crippen molar-refractivity contribution in [2.24, 2.45) is 17.4 Å². The summed E-state index contributed by atoms with van der Waals surface area (Å²) in [6.07, 6.45) is 0.348. The van der Waals surface area contributed by atoms with Crippen molar-refractivity contribution in [1.82, 2.24) is 16.0 Å². The number of hydrogen-bond acceptors (Lipinski definition) is 7. The van der Waals surface area contributed by atoms with Crippen molar-refractivity contribution in [3.63, 3.8) is 0 Å².